The van der Waals surface area contributed by atoms with Crippen LogP contribution in [-0.2, 0) is 11.3 Å². The number of H-pyrrole nitrogens is 1. The van der Waals surface area contributed by atoms with Gasteiger partial charge in [0.25, 0.3) is 0 Å². The minimum absolute atomic E-state index is 0.0365. The number of nitrogens with one attached hydrogen (secondary N) is 2. The minimum atomic E-state index is 0.0365. The summed E-state index contributed by atoms with van der Waals surface area (Å²) in [7, 11) is 0. The van der Waals surface area contributed by atoms with Crippen LogP contribution >= 0.6 is 0 Å². The van der Waals surface area contributed by atoms with Gasteiger partial charge < -0.3 is 10.3 Å². The first kappa shape index (κ1) is 20.6. The molecular formula is C25H32N4O. The van der Waals surface area contributed by atoms with Crippen LogP contribution in [0.4, 0.5) is 0 Å². The summed E-state index contributed by atoms with van der Waals surface area (Å²) in [6, 6.07) is 12.8. The second-order valence-corrected chi connectivity index (χ2v) is 8.84. The Hall–Kier alpha value is -2.66. The molecule has 0 bridgehead atoms. The Labute approximate surface area is 178 Å². The number of imidazole rings is 1. The zero-order valence-corrected chi connectivity index (χ0v) is 18.5. The van der Waals surface area contributed by atoms with Gasteiger partial charge in [-0.15, -0.1) is 0 Å². The SMILES string of the molecule is Cc1ccc(C)c(C(C)NC(=O)C2CCN(Cc3nc4ccc(C)cc4[nH]3)CC2)c1. The topological polar surface area (TPSA) is 61.0 Å². The van der Waals surface area contributed by atoms with Crippen molar-refractivity contribution < 1.29 is 4.79 Å². The standard InChI is InChI=1S/C25H32N4O/c1-16-5-7-18(3)21(13-16)19(4)26-25(30)20-9-11-29(12-10-20)15-24-27-22-8-6-17(2)14-23(22)28-24/h5-8,13-14,19-20H,9-12,15H2,1-4H3,(H,26,30)(H,27,28). The van der Waals surface area contributed by atoms with Crippen LogP contribution in [0.3, 0.4) is 0 Å². The number of likely N-dealkylation sites (tertiary alicyclic amines) is 1. The molecule has 1 aliphatic rings. The third kappa shape index (κ3) is 4.57. The largest absolute Gasteiger partial charge is 0.349 e. The van der Waals surface area contributed by atoms with Gasteiger partial charge in [0, 0.05) is 5.92 Å². The van der Waals surface area contributed by atoms with E-state index in [2.05, 4.69) is 79.3 Å². The van der Waals surface area contributed by atoms with Gasteiger partial charge in [-0.2, -0.15) is 0 Å². The molecule has 1 aromatic heterocycles. The van der Waals surface area contributed by atoms with Crippen LogP contribution in [-0.4, -0.2) is 33.9 Å². The number of benzene rings is 2. The van der Waals surface area contributed by atoms with Gasteiger partial charge in [-0.1, -0.05) is 29.8 Å². The molecule has 0 radical (unpaired) electrons. The van der Waals surface area contributed by atoms with E-state index in [1.807, 2.05) is 0 Å². The highest BCUT2D eigenvalue weighted by Crippen LogP contribution is 2.23. The molecule has 30 heavy (non-hydrogen) atoms. The number of piperidine rings is 1. The summed E-state index contributed by atoms with van der Waals surface area (Å²) in [5, 5.41) is 3.25. The van der Waals surface area contributed by atoms with Crippen molar-refractivity contribution in [3.63, 3.8) is 0 Å². The second kappa shape index (κ2) is 8.60. The molecule has 2 heterocycles. The van der Waals surface area contributed by atoms with Gasteiger partial charge in [0.15, 0.2) is 0 Å². The summed E-state index contributed by atoms with van der Waals surface area (Å²) in [5.41, 5.74) is 7.01. The predicted molar refractivity (Wildman–Crippen MR) is 121 cm³/mol. The monoisotopic (exact) mass is 404 g/mol. The summed E-state index contributed by atoms with van der Waals surface area (Å²) in [6.45, 7) is 11.0. The van der Waals surface area contributed by atoms with E-state index < -0.39 is 0 Å². The third-order valence-corrected chi connectivity index (χ3v) is 6.28. The Bertz CT molecular complexity index is 1050. The maximum Gasteiger partial charge on any atom is 0.223 e. The number of hydrogen-bond acceptors (Lipinski definition) is 3. The second-order valence-electron chi connectivity index (χ2n) is 8.84. The van der Waals surface area contributed by atoms with Crippen molar-refractivity contribution in [2.75, 3.05) is 13.1 Å². The van der Waals surface area contributed by atoms with Crippen LogP contribution in [0, 0.1) is 26.7 Å². The number of hydrogen-bond donors (Lipinski definition) is 2. The molecule has 1 aliphatic heterocycles. The fraction of sp³-hybridized carbons (Fsp3) is 0.440. The van der Waals surface area contributed by atoms with E-state index in [1.54, 1.807) is 0 Å². The normalized spacial score (nSPS) is 16.7. The van der Waals surface area contributed by atoms with Crippen LogP contribution in [0.5, 0.6) is 0 Å². The average molecular weight is 405 g/mol. The zero-order valence-electron chi connectivity index (χ0n) is 18.5. The predicted octanol–water partition coefficient (Wildman–Crippen LogP) is 4.58. The lowest BCUT2D eigenvalue weighted by molar-refractivity contribution is -0.127. The van der Waals surface area contributed by atoms with Gasteiger partial charge in [0.2, 0.25) is 5.91 Å². The minimum Gasteiger partial charge on any atom is -0.349 e. The summed E-state index contributed by atoms with van der Waals surface area (Å²) >= 11 is 0. The fourth-order valence-corrected chi connectivity index (χ4v) is 4.45. The van der Waals surface area contributed by atoms with Crippen molar-refractivity contribution in [2.24, 2.45) is 5.92 Å². The number of aromatic nitrogens is 2. The van der Waals surface area contributed by atoms with E-state index >= 15 is 0 Å². The van der Waals surface area contributed by atoms with E-state index in [1.165, 1.54) is 22.3 Å². The highest BCUT2D eigenvalue weighted by Gasteiger charge is 2.26. The summed E-state index contributed by atoms with van der Waals surface area (Å²) < 4.78 is 0. The fourth-order valence-electron chi connectivity index (χ4n) is 4.45. The molecule has 5 nitrogen and oxygen atoms in total. The van der Waals surface area contributed by atoms with Crippen molar-refractivity contribution in [2.45, 2.75) is 53.1 Å². The summed E-state index contributed by atoms with van der Waals surface area (Å²) in [4.78, 5) is 23.4. The first-order valence-corrected chi connectivity index (χ1v) is 10.9. The first-order chi connectivity index (χ1) is 14.4. The van der Waals surface area contributed by atoms with Crippen molar-refractivity contribution in [3.05, 3.63) is 64.5 Å². The molecule has 2 N–H and O–H groups in total. The van der Waals surface area contributed by atoms with Crippen molar-refractivity contribution >= 4 is 16.9 Å². The van der Waals surface area contributed by atoms with E-state index in [4.69, 9.17) is 4.98 Å². The number of rotatable bonds is 5. The van der Waals surface area contributed by atoms with Gasteiger partial charge in [-0.05, 0) is 82.4 Å². The number of nitrogens with zero attached hydrogens (tertiary/aromatic N) is 2. The highest BCUT2D eigenvalue weighted by atomic mass is 16.1. The van der Waals surface area contributed by atoms with Crippen LogP contribution in [0.15, 0.2) is 36.4 Å². The van der Waals surface area contributed by atoms with Crippen LogP contribution in [0.1, 0.15) is 53.9 Å². The van der Waals surface area contributed by atoms with Gasteiger partial charge in [-0.25, -0.2) is 4.98 Å². The maximum atomic E-state index is 12.8. The highest BCUT2D eigenvalue weighted by molar-refractivity contribution is 5.79. The molecule has 2 aromatic carbocycles. The Morgan fingerprint density at radius 3 is 2.60 bits per heavy atom. The molecule has 1 amide bonds. The molecule has 0 saturated carbocycles. The van der Waals surface area contributed by atoms with Crippen molar-refractivity contribution in [1.82, 2.24) is 20.2 Å². The lowest BCUT2D eigenvalue weighted by Gasteiger charge is -2.31. The average Bonchev–Trinajstić information content (AvgIpc) is 3.11. The summed E-state index contributed by atoms with van der Waals surface area (Å²) in [5.74, 6) is 1.27. The molecule has 158 valence electrons. The Kier molecular flexibility index (Phi) is 5.91. The molecule has 0 spiro atoms. The van der Waals surface area contributed by atoms with Gasteiger partial charge in [0.1, 0.15) is 5.82 Å². The molecule has 1 saturated heterocycles. The number of carbonyl (C=O) groups excluding carboxylic acids is 1. The van der Waals surface area contributed by atoms with Crippen molar-refractivity contribution in [1.29, 1.82) is 0 Å². The molecule has 1 fully saturated rings. The smallest absolute Gasteiger partial charge is 0.223 e. The Morgan fingerprint density at radius 1 is 1.13 bits per heavy atom. The number of fused-ring (bicyclic) bond motifs is 1. The van der Waals surface area contributed by atoms with Gasteiger partial charge in [-0.3, -0.25) is 9.69 Å². The van der Waals surface area contributed by atoms with Gasteiger partial charge >= 0.3 is 0 Å². The van der Waals surface area contributed by atoms with Crippen LogP contribution < -0.4 is 5.32 Å². The quantitative estimate of drug-likeness (QED) is 0.654. The third-order valence-electron chi connectivity index (χ3n) is 6.28. The van der Waals surface area contributed by atoms with E-state index in [9.17, 15) is 4.79 Å². The molecule has 1 unspecified atom stereocenters. The number of aryl methyl sites for hydroxylation is 3. The number of aromatic amines is 1. The Morgan fingerprint density at radius 2 is 1.83 bits per heavy atom. The Balaban J connectivity index is 1.31. The van der Waals surface area contributed by atoms with Crippen LogP contribution in [0.25, 0.3) is 11.0 Å². The van der Waals surface area contributed by atoms with Gasteiger partial charge in [0.05, 0.1) is 23.6 Å². The molecular weight excluding hydrogens is 372 g/mol. The van der Waals surface area contributed by atoms with E-state index in [0.717, 1.165) is 49.3 Å². The van der Waals surface area contributed by atoms with E-state index in [0.29, 0.717) is 0 Å². The first-order valence-electron chi connectivity index (χ1n) is 10.9. The molecule has 3 aromatic rings. The molecule has 4 rings (SSSR count). The molecule has 1 atom stereocenters. The number of carbonyl (C=O) groups is 1. The van der Waals surface area contributed by atoms with E-state index in [-0.39, 0.29) is 17.9 Å². The zero-order chi connectivity index (χ0) is 21.3. The number of amides is 1. The lowest BCUT2D eigenvalue weighted by Crippen LogP contribution is -2.41. The lowest BCUT2D eigenvalue weighted by atomic mass is 9.94. The van der Waals surface area contributed by atoms with Crippen molar-refractivity contribution in [3.8, 4) is 0 Å². The van der Waals surface area contributed by atoms with Crippen LogP contribution in [0.2, 0.25) is 0 Å². The molecule has 0 aliphatic carbocycles. The molecule has 5 heteroatoms. The maximum absolute atomic E-state index is 12.8. The summed E-state index contributed by atoms with van der Waals surface area (Å²) in [6.07, 6.45) is 1.79.